The number of carbonyl (C=O) groups excluding carboxylic acids is 3. The van der Waals surface area contributed by atoms with Gasteiger partial charge >= 0.3 is 0 Å². The van der Waals surface area contributed by atoms with Crippen molar-refractivity contribution in [3.05, 3.63) is 143 Å². The van der Waals surface area contributed by atoms with E-state index in [0.717, 1.165) is 11.1 Å². The molecule has 6 heteroatoms. The van der Waals surface area contributed by atoms with Crippen LogP contribution in [0, 0.1) is 6.92 Å². The highest BCUT2D eigenvalue weighted by molar-refractivity contribution is 6.11. The summed E-state index contributed by atoms with van der Waals surface area (Å²) in [5.41, 5.74) is 4.18. The number of allylic oxidation sites excluding steroid dienone is 1. The first-order chi connectivity index (χ1) is 18.0. The van der Waals surface area contributed by atoms with E-state index in [1.807, 2.05) is 37.3 Å². The van der Waals surface area contributed by atoms with Gasteiger partial charge < -0.3 is 10.6 Å². The van der Waals surface area contributed by atoms with Gasteiger partial charge in [-0.15, -0.1) is 0 Å². The Balaban J connectivity index is 1.47. The second-order valence-electron chi connectivity index (χ2n) is 8.31. The van der Waals surface area contributed by atoms with Crippen LogP contribution < -0.4 is 10.6 Å². The molecule has 0 spiro atoms. The van der Waals surface area contributed by atoms with Crippen LogP contribution >= 0.6 is 0 Å². The van der Waals surface area contributed by atoms with Gasteiger partial charge in [-0.1, -0.05) is 60.2 Å². The average molecular weight is 488 g/mol. The summed E-state index contributed by atoms with van der Waals surface area (Å²) in [6.07, 6.45) is 8.06. The third kappa shape index (κ3) is 7.19. The molecule has 0 atom stereocenters. The van der Waals surface area contributed by atoms with Crippen LogP contribution in [0.15, 0.2) is 115 Å². The van der Waals surface area contributed by atoms with E-state index in [1.54, 1.807) is 85.2 Å². The lowest BCUT2D eigenvalue weighted by atomic mass is 10.1. The third-order valence-electron chi connectivity index (χ3n) is 5.42. The summed E-state index contributed by atoms with van der Waals surface area (Å²) in [5, 5.41) is 5.46. The molecule has 2 amide bonds. The van der Waals surface area contributed by atoms with Gasteiger partial charge in [0, 0.05) is 29.2 Å². The highest BCUT2D eigenvalue weighted by atomic mass is 16.2. The number of aromatic nitrogens is 1. The number of amides is 2. The normalized spacial score (nSPS) is 11.2. The quantitative estimate of drug-likeness (QED) is 0.247. The molecule has 0 bridgehead atoms. The average Bonchev–Trinajstić information content (AvgIpc) is 2.93. The first kappa shape index (κ1) is 25.0. The zero-order valence-electron chi connectivity index (χ0n) is 20.2. The fraction of sp³-hybridized carbons (Fsp3) is 0.0323. The second kappa shape index (κ2) is 12.0. The molecule has 0 radical (unpaired) electrons. The van der Waals surface area contributed by atoms with E-state index in [0.29, 0.717) is 22.4 Å². The summed E-state index contributed by atoms with van der Waals surface area (Å²) in [6.45, 7) is 2.00. The molecule has 37 heavy (non-hydrogen) atoms. The summed E-state index contributed by atoms with van der Waals surface area (Å²) >= 11 is 0. The molecule has 3 aromatic carbocycles. The molecule has 0 saturated carbocycles. The maximum Gasteiger partial charge on any atom is 0.272 e. The molecule has 0 aliphatic carbocycles. The maximum absolute atomic E-state index is 13.1. The van der Waals surface area contributed by atoms with Crippen molar-refractivity contribution in [2.75, 3.05) is 5.32 Å². The van der Waals surface area contributed by atoms with Gasteiger partial charge in [-0.3, -0.25) is 19.4 Å². The van der Waals surface area contributed by atoms with Crippen molar-refractivity contribution in [2.45, 2.75) is 6.92 Å². The van der Waals surface area contributed by atoms with Gasteiger partial charge in [0.1, 0.15) is 5.70 Å². The van der Waals surface area contributed by atoms with Crippen LogP contribution in [-0.2, 0) is 4.79 Å². The molecule has 0 aliphatic heterocycles. The van der Waals surface area contributed by atoms with Gasteiger partial charge in [-0.05, 0) is 72.7 Å². The van der Waals surface area contributed by atoms with Crippen molar-refractivity contribution in [2.24, 2.45) is 0 Å². The lowest BCUT2D eigenvalue weighted by Crippen LogP contribution is -2.30. The number of benzene rings is 3. The molecule has 4 rings (SSSR count). The summed E-state index contributed by atoms with van der Waals surface area (Å²) in [5.74, 6) is -1.06. The Hall–Kier alpha value is -5.10. The van der Waals surface area contributed by atoms with Crippen molar-refractivity contribution in [1.82, 2.24) is 10.3 Å². The number of aryl methyl sites for hydroxylation is 1. The van der Waals surface area contributed by atoms with Crippen molar-refractivity contribution in [3.8, 4) is 0 Å². The van der Waals surface area contributed by atoms with Gasteiger partial charge in [-0.2, -0.15) is 0 Å². The van der Waals surface area contributed by atoms with Gasteiger partial charge in [0.2, 0.25) is 0 Å². The van der Waals surface area contributed by atoms with Gasteiger partial charge in [0.25, 0.3) is 11.8 Å². The maximum atomic E-state index is 13.1. The summed E-state index contributed by atoms with van der Waals surface area (Å²) in [6, 6.07) is 26.6. The Morgan fingerprint density at radius 2 is 1.54 bits per heavy atom. The zero-order valence-corrected chi connectivity index (χ0v) is 20.2. The molecular formula is C31H25N3O3. The van der Waals surface area contributed by atoms with Crippen LogP contribution in [0.5, 0.6) is 0 Å². The Labute approximate surface area is 215 Å². The Bertz CT molecular complexity index is 1460. The number of pyridine rings is 1. The van der Waals surface area contributed by atoms with Crippen LogP contribution in [0.3, 0.4) is 0 Å². The number of anilines is 1. The lowest BCUT2D eigenvalue weighted by Gasteiger charge is -2.11. The number of rotatable bonds is 8. The topological polar surface area (TPSA) is 88.2 Å². The minimum absolute atomic E-state index is 0.0584. The predicted molar refractivity (Wildman–Crippen MR) is 146 cm³/mol. The highest BCUT2D eigenvalue weighted by Crippen LogP contribution is 2.14. The van der Waals surface area contributed by atoms with E-state index < -0.39 is 11.8 Å². The first-order valence-corrected chi connectivity index (χ1v) is 11.7. The van der Waals surface area contributed by atoms with Crippen LogP contribution in [-0.4, -0.2) is 22.6 Å². The molecule has 0 fully saturated rings. The molecule has 4 aromatic rings. The molecule has 2 N–H and O–H groups in total. The molecular weight excluding hydrogens is 462 g/mol. The van der Waals surface area contributed by atoms with Crippen LogP contribution in [0.25, 0.3) is 12.2 Å². The van der Waals surface area contributed by atoms with Crippen molar-refractivity contribution in [1.29, 1.82) is 0 Å². The fourth-order valence-electron chi connectivity index (χ4n) is 3.53. The number of hydrogen-bond acceptors (Lipinski definition) is 4. The molecule has 0 saturated heterocycles. The molecule has 0 aliphatic rings. The SMILES string of the molecule is Cc1cccc(/C=C/C(=O)c2ccc(NC(=O)/C(=C/c3cccnc3)NC(=O)c3ccccc3)cc2)c1. The number of nitrogens with one attached hydrogen (secondary N) is 2. The van der Waals surface area contributed by atoms with E-state index in [4.69, 9.17) is 0 Å². The molecule has 6 nitrogen and oxygen atoms in total. The second-order valence-corrected chi connectivity index (χ2v) is 8.31. The van der Waals surface area contributed by atoms with E-state index in [-0.39, 0.29) is 11.5 Å². The lowest BCUT2D eigenvalue weighted by molar-refractivity contribution is -0.113. The van der Waals surface area contributed by atoms with E-state index in [1.165, 1.54) is 6.08 Å². The molecule has 1 heterocycles. The van der Waals surface area contributed by atoms with E-state index in [2.05, 4.69) is 15.6 Å². The smallest absolute Gasteiger partial charge is 0.272 e. The fourth-order valence-corrected chi connectivity index (χ4v) is 3.53. The number of hydrogen-bond donors (Lipinski definition) is 2. The third-order valence-corrected chi connectivity index (χ3v) is 5.42. The monoisotopic (exact) mass is 487 g/mol. The van der Waals surface area contributed by atoms with Gasteiger partial charge in [0.05, 0.1) is 0 Å². The van der Waals surface area contributed by atoms with Crippen molar-refractivity contribution < 1.29 is 14.4 Å². The Morgan fingerprint density at radius 1 is 0.784 bits per heavy atom. The van der Waals surface area contributed by atoms with Crippen molar-refractivity contribution in [3.63, 3.8) is 0 Å². The van der Waals surface area contributed by atoms with Crippen LogP contribution in [0.1, 0.15) is 37.4 Å². The van der Waals surface area contributed by atoms with Crippen molar-refractivity contribution >= 4 is 35.4 Å². The summed E-state index contributed by atoms with van der Waals surface area (Å²) in [7, 11) is 0. The minimum atomic E-state index is -0.508. The Morgan fingerprint density at radius 3 is 2.24 bits per heavy atom. The molecule has 182 valence electrons. The standard InChI is InChI=1S/C31H25N3O3/c1-22-7-5-8-23(19-22)12-17-29(35)25-13-15-27(16-14-25)33-31(37)28(20-24-9-6-18-32-21-24)34-30(36)26-10-3-2-4-11-26/h2-21H,1H3,(H,33,37)(H,34,36)/b17-12+,28-20-. The van der Waals surface area contributed by atoms with Crippen LogP contribution in [0.2, 0.25) is 0 Å². The van der Waals surface area contributed by atoms with Gasteiger partial charge in [-0.25, -0.2) is 0 Å². The van der Waals surface area contributed by atoms with E-state index in [9.17, 15) is 14.4 Å². The zero-order chi connectivity index (χ0) is 26.0. The first-order valence-electron chi connectivity index (χ1n) is 11.7. The van der Waals surface area contributed by atoms with E-state index >= 15 is 0 Å². The summed E-state index contributed by atoms with van der Waals surface area (Å²) in [4.78, 5) is 42.4. The summed E-state index contributed by atoms with van der Waals surface area (Å²) < 4.78 is 0. The highest BCUT2D eigenvalue weighted by Gasteiger charge is 2.15. The minimum Gasteiger partial charge on any atom is -0.321 e. The van der Waals surface area contributed by atoms with Crippen LogP contribution in [0.4, 0.5) is 5.69 Å². The Kier molecular flexibility index (Phi) is 8.14. The molecule has 0 unspecified atom stereocenters. The largest absolute Gasteiger partial charge is 0.321 e. The van der Waals surface area contributed by atoms with Gasteiger partial charge in [0.15, 0.2) is 5.78 Å². The number of carbonyl (C=O) groups is 3. The number of ketones is 1. The number of nitrogens with zero attached hydrogens (tertiary/aromatic N) is 1. The predicted octanol–water partition coefficient (Wildman–Crippen LogP) is 5.70. The molecule has 1 aromatic heterocycles.